The van der Waals surface area contributed by atoms with Gasteiger partial charge < -0.3 is 32.5 Å². The summed E-state index contributed by atoms with van der Waals surface area (Å²) in [6, 6.07) is 15.6. The molecule has 14 nitrogen and oxygen atoms in total. The number of nitrogens with one attached hydrogen (secondary N) is 3. The van der Waals surface area contributed by atoms with Crippen molar-refractivity contribution in [3.05, 3.63) is 70.5 Å². The van der Waals surface area contributed by atoms with Gasteiger partial charge in [-0.25, -0.2) is 14.8 Å². The molecule has 2 amide bonds. The lowest BCUT2D eigenvalue weighted by Crippen LogP contribution is -2.58. The predicted octanol–water partition coefficient (Wildman–Crippen LogP) is 2.12. The van der Waals surface area contributed by atoms with Crippen LogP contribution in [0.2, 0.25) is 5.15 Å². The number of anilines is 2. The minimum Gasteiger partial charge on any atom is -0.480 e. The Morgan fingerprint density at radius 3 is 2.19 bits per heavy atom. The number of carboxylic acids is 1. The van der Waals surface area contributed by atoms with Crippen molar-refractivity contribution >= 4 is 47.0 Å². The first-order valence-electron chi connectivity index (χ1n) is 15.9. The van der Waals surface area contributed by atoms with Gasteiger partial charge in [0.1, 0.15) is 6.04 Å². The minimum atomic E-state index is -0.974. The van der Waals surface area contributed by atoms with Crippen LogP contribution in [0.3, 0.4) is 0 Å². The van der Waals surface area contributed by atoms with E-state index < -0.39 is 17.9 Å². The lowest BCUT2D eigenvalue weighted by atomic mass is 9.99. The number of aromatic nitrogens is 2. The van der Waals surface area contributed by atoms with Crippen LogP contribution < -0.4 is 27.8 Å². The van der Waals surface area contributed by atoms with Gasteiger partial charge in [-0.15, -0.1) is 0 Å². The average molecular weight is 679 g/mol. The maximum atomic E-state index is 13.0. The highest BCUT2D eigenvalue weighted by molar-refractivity contribution is 6.31. The standard InChI is InChI=1S/C33H43ClN10O4/c34-28-30(37)41-29(36)27(40-28)31(46)42-33(38)39-16-2-1-4-21-5-10-23(11-6-21)24-12-7-22(8-13-24)9-14-26(45)44-19-18-43(17-3-15-35)20-25(44)32(47)48/h5-8,10-13,25H,1-4,9,14-20,35H2,(H,47,48)(H4,36,37,41)(H3,38,39,42,46)/t25-/m1/s1. The van der Waals surface area contributed by atoms with Crippen molar-refractivity contribution in [2.45, 2.75) is 44.6 Å². The van der Waals surface area contributed by atoms with Crippen LogP contribution >= 0.6 is 11.6 Å². The lowest BCUT2D eigenvalue weighted by Gasteiger charge is -2.39. The highest BCUT2D eigenvalue weighted by atomic mass is 35.5. The van der Waals surface area contributed by atoms with Gasteiger partial charge in [-0.05, 0) is 67.4 Å². The summed E-state index contributed by atoms with van der Waals surface area (Å²) in [5.41, 5.74) is 20.9. The number of unbranched alkanes of at least 4 members (excludes halogenated alkanes) is 1. The second-order valence-corrected chi connectivity index (χ2v) is 12.0. The topological polar surface area (TPSA) is 230 Å². The SMILES string of the molecule is N=C(NCCCCc1ccc(-c2ccc(CCC(=O)N3CCN(CCCN)C[C@@H]3C(=O)O)cc2)cc1)NC(=O)c1nc(Cl)c(N)nc1N. The molecule has 0 unspecified atom stereocenters. The maximum absolute atomic E-state index is 13.0. The Kier molecular flexibility index (Phi) is 13.1. The van der Waals surface area contributed by atoms with Crippen molar-refractivity contribution in [1.29, 1.82) is 5.41 Å². The molecule has 4 rings (SSSR count). The molecule has 2 heterocycles. The van der Waals surface area contributed by atoms with Crippen LogP contribution in [-0.4, -0.2) is 93.9 Å². The Morgan fingerprint density at radius 2 is 1.56 bits per heavy atom. The van der Waals surface area contributed by atoms with E-state index in [2.05, 4.69) is 49.8 Å². The number of carbonyl (C=O) groups excluding carboxylic acids is 2. The molecule has 48 heavy (non-hydrogen) atoms. The van der Waals surface area contributed by atoms with Gasteiger partial charge in [0.15, 0.2) is 28.4 Å². The van der Waals surface area contributed by atoms with Crippen LogP contribution in [0, 0.1) is 5.41 Å². The summed E-state index contributed by atoms with van der Waals surface area (Å²) in [6.07, 6.45) is 4.12. The highest BCUT2D eigenvalue weighted by Gasteiger charge is 2.34. The molecule has 1 fully saturated rings. The van der Waals surface area contributed by atoms with Crippen LogP contribution in [0.4, 0.5) is 11.6 Å². The third-order valence-electron chi connectivity index (χ3n) is 8.17. The van der Waals surface area contributed by atoms with E-state index in [1.54, 1.807) is 0 Å². The number of carboxylic acid groups (broad SMARTS) is 1. The molecule has 0 spiro atoms. The van der Waals surface area contributed by atoms with Crippen molar-refractivity contribution in [2.24, 2.45) is 5.73 Å². The van der Waals surface area contributed by atoms with Gasteiger partial charge >= 0.3 is 5.97 Å². The van der Waals surface area contributed by atoms with E-state index in [0.717, 1.165) is 48.9 Å². The lowest BCUT2D eigenvalue weighted by molar-refractivity contribution is -0.153. The van der Waals surface area contributed by atoms with Crippen molar-refractivity contribution in [2.75, 3.05) is 50.7 Å². The van der Waals surface area contributed by atoms with Crippen LogP contribution in [0.5, 0.6) is 0 Å². The van der Waals surface area contributed by atoms with Gasteiger partial charge in [-0.1, -0.05) is 60.1 Å². The van der Waals surface area contributed by atoms with Gasteiger partial charge in [0.25, 0.3) is 5.91 Å². The molecule has 256 valence electrons. The largest absolute Gasteiger partial charge is 0.480 e. The zero-order valence-electron chi connectivity index (χ0n) is 26.8. The Bertz CT molecular complexity index is 1590. The van der Waals surface area contributed by atoms with Gasteiger partial charge in [-0.2, -0.15) is 0 Å². The Balaban J connectivity index is 1.16. The van der Waals surface area contributed by atoms with Crippen molar-refractivity contribution < 1.29 is 19.5 Å². The van der Waals surface area contributed by atoms with Crippen LogP contribution in [-0.2, 0) is 22.4 Å². The number of amides is 2. The molecule has 3 aromatic rings. The molecule has 0 saturated carbocycles. The molecule has 2 aromatic carbocycles. The summed E-state index contributed by atoms with van der Waals surface area (Å²) in [5.74, 6) is -2.26. The van der Waals surface area contributed by atoms with E-state index in [0.29, 0.717) is 39.1 Å². The summed E-state index contributed by atoms with van der Waals surface area (Å²) in [7, 11) is 0. The molecular weight excluding hydrogens is 636 g/mol. The third kappa shape index (κ3) is 10.1. The van der Waals surface area contributed by atoms with Gasteiger partial charge in [-0.3, -0.25) is 25.2 Å². The molecule has 1 atom stereocenters. The Morgan fingerprint density at radius 1 is 0.917 bits per heavy atom. The fourth-order valence-corrected chi connectivity index (χ4v) is 5.61. The van der Waals surface area contributed by atoms with Crippen LogP contribution in [0.25, 0.3) is 11.1 Å². The van der Waals surface area contributed by atoms with Gasteiger partial charge in [0, 0.05) is 32.6 Å². The van der Waals surface area contributed by atoms with E-state index in [4.69, 9.17) is 34.2 Å². The summed E-state index contributed by atoms with van der Waals surface area (Å²) in [6.45, 7) is 3.18. The Labute approximate surface area is 284 Å². The molecule has 0 bridgehead atoms. The number of nitrogens with zero attached hydrogens (tertiary/aromatic N) is 4. The summed E-state index contributed by atoms with van der Waals surface area (Å²) >= 11 is 5.81. The fraction of sp³-hybridized carbons (Fsp3) is 0.394. The highest BCUT2D eigenvalue weighted by Crippen LogP contribution is 2.22. The van der Waals surface area contributed by atoms with Crippen LogP contribution in [0.1, 0.15) is 47.3 Å². The predicted molar refractivity (Wildman–Crippen MR) is 185 cm³/mol. The number of piperazine rings is 1. The van der Waals surface area contributed by atoms with Gasteiger partial charge in [0.05, 0.1) is 0 Å². The number of aryl methyl sites for hydroxylation is 2. The number of benzene rings is 2. The number of hydrogen-bond donors (Lipinski definition) is 7. The number of rotatable bonds is 14. The number of halogens is 1. The fourth-order valence-electron chi connectivity index (χ4n) is 5.48. The first-order valence-corrected chi connectivity index (χ1v) is 16.3. The molecule has 0 radical (unpaired) electrons. The molecule has 1 aromatic heterocycles. The second-order valence-electron chi connectivity index (χ2n) is 11.6. The maximum Gasteiger partial charge on any atom is 0.327 e. The van der Waals surface area contributed by atoms with E-state index >= 15 is 0 Å². The molecular formula is C33H43ClN10O4. The number of hydrogen-bond acceptors (Lipinski definition) is 10. The quantitative estimate of drug-likeness (QED) is 0.0742. The molecule has 1 saturated heterocycles. The van der Waals surface area contributed by atoms with Crippen LogP contribution in [0.15, 0.2) is 48.5 Å². The smallest absolute Gasteiger partial charge is 0.327 e. The number of carbonyl (C=O) groups is 3. The molecule has 1 aliphatic heterocycles. The zero-order chi connectivity index (χ0) is 34.6. The zero-order valence-corrected chi connectivity index (χ0v) is 27.5. The molecule has 10 N–H and O–H groups in total. The Hall–Kier alpha value is -4.79. The van der Waals surface area contributed by atoms with E-state index in [1.165, 1.54) is 10.5 Å². The summed E-state index contributed by atoms with van der Waals surface area (Å²) < 4.78 is 0. The monoisotopic (exact) mass is 678 g/mol. The van der Waals surface area contributed by atoms with E-state index in [-0.39, 0.29) is 40.8 Å². The van der Waals surface area contributed by atoms with Crippen molar-refractivity contribution in [1.82, 2.24) is 30.4 Å². The van der Waals surface area contributed by atoms with Gasteiger partial charge in [0.2, 0.25) is 5.91 Å². The normalized spacial score (nSPS) is 14.8. The minimum absolute atomic E-state index is 0.0794. The number of nitrogen functional groups attached to an aromatic ring is 2. The molecule has 15 heteroatoms. The summed E-state index contributed by atoms with van der Waals surface area (Å²) in [4.78, 5) is 48.3. The van der Waals surface area contributed by atoms with Crippen molar-refractivity contribution in [3.8, 4) is 11.1 Å². The number of aliphatic carboxylic acids is 1. The summed E-state index contributed by atoms with van der Waals surface area (Å²) in [5, 5.41) is 22.7. The van der Waals surface area contributed by atoms with E-state index in [1.807, 2.05) is 24.3 Å². The average Bonchev–Trinajstić information content (AvgIpc) is 3.08. The van der Waals surface area contributed by atoms with Crippen molar-refractivity contribution in [3.63, 3.8) is 0 Å². The third-order valence-corrected chi connectivity index (χ3v) is 8.45. The number of nitrogens with two attached hydrogens (primary N) is 3. The first kappa shape index (κ1) is 36.1. The first-order chi connectivity index (χ1) is 23.0. The molecule has 0 aliphatic carbocycles. The van der Waals surface area contributed by atoms with E-state index in [9.17, 15) is 19.5 Å². The number of guanidine groups is 1. The second kappa shape index (κ2) is 17.4. The molecule has 1 aliphatic rings.